The zero-order chi connectivity index (χ0) is 21.1. The average molecular weight is 399 g/mol. The number of methoxy groups -OCH3 is 1. The van der Waals surface area contributed by atoms with E-state index >= 15 is 0 Å². The third kappa shape index (κ3) is 6.91. The topological polar surface area (TPSA) is 103 Å². The van der Waals surface area contributed by atoms with Crippen molar-refractivity contribution in [1.82, 2.24) is 5.43 Å². The van der Waals surface area contributed by atoms with Crippen LogP contribution in [0.2, 0.25) is 0 Å². The molecule has 1 N–H and O–H groups in total. The van der Waals surface area contributed by atoms with Crippen LogP contribution in [0.4, 0.5) is 5.69 Å². The molecule has 2 aromatic carbocycles. The highest BCUT2D eigenvalue weighted by atomic mass is 16.6. The molecule has 0 aliphatic heterocycles. The van der Waals surface area contributed by atoms with Crippen molar-refractivity contribution in [2.45, 2.75) is 32.6 Å². The fourth-order valence-corrected chi connectivity index (χ4v) is 2.59. The maximum atomic E-state index is 12.1. The molecule has 0 fully saturated rings. The van der Waals surface area contributed by atoms with Crippen LogP contribution in [0, 0.1) is 10.1 Å². The Morgan fingerprint density at radius 1 is 1.17 bits per heavy atom. The smallest absolute Gasteiger partial charge is 0.271 e. The molecule has 0 radical (unpaired) electrons. The second-order valence-electron chi connectivity index (χ2n) is 6.33. The van der Waals surface area contributed by atoms with Gasteiger partial charge in [0.05, 0.1) is 24.9 Å². The first-order valence-electron chi connectivity index (χ1n) is 9.44. The molecular formula is C21H25N3O5. The van der Waals surface area contributed by atoms with Crippen molar-refractivity contribution in [3.8, 4) is 11.5 Å². The predicted molar refractivity (Wildman–Crippen MR) is 111 cm³/mol. The molecule has 0 saturated heterocycles. The molecule has 0 heterocycles. The molecule has 0 saturated carbocycles. The number of nitrogens with zero attached hydrogens (tertiary/aromatic N) is 2. The second kappa shape index (κ2) is 11.4. The molecule has 2 aromatic rings. The minimum atomic E-state index is -0.556. The van der Waals surface area contributed by atoms with Gasteiger partial charge < -0.3 is 9.47 Å². The first-order chi connectivity index (χ1) is 14.0. The van der Waals surface area contributed by atoms with E-state index in [9.17, 15) is 14.9 Å². The lowest BCUT2D eigenvalue weighted by molar-refractivity contribution is -0.384. The molecule has 8 heteroatoms. The normalized spacial score (nSPS) is 10.7. The molecule has 29 heavy (non-hydrogen) atoms. The first kappa shape index (κ1) is 21.9. The van der Waals surface area contributed by atoms with Crippen molar-refractivity contribution in [1.29, 1.82) is 0 Å². The lowest BCUT2D eigenvalue weighted by atomic mass is 10.2. The largest absolute Gasteiger partial charge is 0.493 e. The molecule has 0 atom stereocenters. The van der Waals surface area contributed by atoms with Gasteiger partial charge in [-0.15, -0.1) is 0 Å². The summed E-state index contributed by atoms with van der Waals surface area (Å²) in [5.74, 6) is 0.695. The highest BCUT2D eigenvalue weighted by molar-refractivity contribution is 5.95. The fourth-order valence-electron chi connectivity index (χ4n) is 2.59. The van der Waals surface area contributed by atoms with Gasteiger partial charge in [0.15, 0.2) is 11.5 Å². The summed E-state index contributed by atoms with van der Waals surface area (Å²) in [4.78, 5) is 22.3. The summed E-state index contributed by atoms with van der Waals surface area (Å²) in [6.45, 7) is 2.79. The number of unbranched alkanes of at least 4 members (excludes halogenated alkanes) is 3. The van der Waals surface area contributed by atoms with Crippen LogP contribution >= 0.6 is 0 Å². The van der Waals surface area contributed by atoms with Crippen molar-refractivity contribution >= 4 is 17.8 Å². The van der Waals surface area contributed by atoms with E-state index in [1.54, 1.807) is 25.3 Å². The third-order valence-electron chi connectivity index (χ3n) is 4.14. The van der Waals surface area contributed by atoms with Crippen LogP contribution in [-0.4, -0.2) is 30.8 Å². The van der Waals surface area contributed by atoms with Crippen LogP contribution < -0.4 is 14.9 Å². The first-order valence-corrected chi connectivity index (χ1v) is 9.44. The zero-order valence-corrected chi connectivity index (χ0v) is 16.6. The van der Waals surface area contributed by atoms with Gasteiger partial charge in [-0.25, -0.2) is 5.43 Å². The van der Waals surface area contributed by atoms with Gasteiger partial charge in [-0.3, -0.25) is 14.9 Å². The molecule has 154 valence electrons. The molecule has 0 aliphatic carbocycles. The standard InChI is InChI=1S/C21H25N3O5/c1-3-4-5-6-12-29-19-11-10-16(13-20(19)28-2)15-22-23-21(25)17-8-7-9-18(14-17)24(26)27/h7-11,13-15H,3-6,12H2,1-2H3,(H,23,25). The maximum absolute atomic E-state index is 12.1. The van der Waals surface area contributed by atoms with Crippen LogP contribution in [0.3, 0.4) is 0 Å². The summed E-state index contributed by atoms with van der Waals surface area (Å²) in [6.07, 6.45) is 5.95. The summed E-state index contributed by atoms with van der Waals surface area (Å²) in [7, 11) is 1.56. The highest BCUT2D eigenvalue weighted by Gasteiger charge is 2.11. The van der Waals surface area contributed by atoms with Crippen molar-refractivity contribution in [2.24, 2.45) is 5.10 Å². The van der Waals surface area contributed by atoms with Crippen molar-refractivity contribution in [2.75, 3.05) is 13.7 Å². The van der Waals surface area contributed by atoms with E-state index in [2.05, 4.69) is 17.5 Å². The Balaban J connectivity index is 1.95. The predicted octanol–water partition coefficient (Wildman–Crippen LogP) is 4.33. The van der Waals surface area contributed by atoms with Gasteiger partial charge in [-0.05, 0) is 36.2 Å². The number of hydrogen-bond acceptors (Lipinski definition) is 6. The molecular weight excluding hydrogens is 374 g/mol. The number of non-ortho nitro benzene ring substituents is 1. The number of amides is 1. The number of benzene rings is 2. The lowest BCUT2D eigenvalue weighted by Crippen LogP contribution is -2.17. The Labute approximate surface area is 169 Å². The second-order valence-corrected chi connectivity index (χ2v) is 6.33. The molecule has 0 bridgehead atoms. The SMILES string of the molecule is CCCCCCOc1ccc(C=NNC(=O)c2cccc([N+](=O)[O-])c2)cc1OC. The summed E-state index contributed by atoms with van der Waals surface area (Å²) >= 11 is 0. The Hall–Kier alpha value is -3.42. The average Bonchev–Trinajstić information content (AvgIpc) is 2.74. The molecule has 0 aliphatic rings. The molecule has 0 spiro atoms. The summed E-state index contributed by atoms with van der Waals surface area (Å²) in [5, 5.41) is 14.7. The molecule has 2 rings (SSSR count). The van der Waals surface area contributed by atoms with Crippen LogP contribution in [0.25, 0.3) is 0 Å². The van der Waals surface area contributed by atoms with Crippen molar-refractivity contribution in [3.05, 3.63) is 63.7 Å². The Morgan fingerprint density at radius 2 is 2.00 bits per heavy atom. The van der Waals surface area contributed by atoms with Crippen LogP contribution in [0.15, 0.2) is 47.6 Å². The van der Waals surface area contributed by atoms with Gasteiger partial charge in [-0.2, -0.15) is 5.10 Å². The molecule has 8 nitrogen and oxygen atoms in total. The minimum Gasteiger partial charge on any atom is -0.493 e. The van der Waals surface area contributed by atoms with Crippen LogP contribution in [0.1, 0.15) is 48.5 Å². The Morgan fingerprint density at radius 3 is 2.72 bits per heavy atom. The Bertz CT molecular complexity index is 867. The van der Waals surface area contributed by atoms with E-state index in [-0.39, 0.29) is 11.3 Å². The van der Waals surface area contributed by atoms with E-state index in [0.717, 1.165) is 12.8 Å². The maximum Gasteiger partial charge on any atom is 0.271 e. The summed E-state index contributed by atoms with van der Waals surface area (Å²) in [5.41, 5.74) is 3.06. The van der Waals surface area contributed by atoms with E-state index in [4.69, 9.17) is 9.47 Å². The number of nitrogens with one attached hydrogen (secondary N) is 1. The van der Waals surface area contributed by atoms with Crippen molar-refractivity contribution in [3.63, 3.8) is 0 Å². The van der Waals surface area contributed by atoms with Gasteiger partial charge in [0, 0.05) is 17.7 Å². The fraction of sp³-hybridized carbons (Fsp3) is 0.333. The van der Waals surface area contributed by atoms with Crippen LogP contribution in [-0.2, 0) is 0 Å². The van der Waals surface area contributed by atoms with E-state index in [1.165, 1.54) is 43.3 Å². The number of nitro benzene ring substituents is 1. The summed E-state index contributed by atoms with van der Waals surface area (Å²) in [6, 6.07) is 10.8. The number of carbonyl (C=O) groups is 1. The third-order valence-corrected chi connectivity index (χ3v) is 4.14. The number of hydrogen-bond donors (Lipinski definition) is 1. The summed E-state index contributed by atoms with van der Waals surface area (Å²) < 4.78 is 11.1. The van der Waals surface area contributed by atoms with Gasteiger partial charge in [0.2, 0.25) is 0 Å². The van der Waals surface area contributed by atoms with Crippen LogP contribution in [0.5, 0.6) is 11.5 Å². The minimum absolute atomic E-state index is 0.153. The number of rotatable bonds is 11. The molecule has 0 unspecified atom stereocenters. The van der Waals surface area contributed by atoms with E-state index < -0.39 is 10.8 Å². The number of hydrazone groups is 1. The monoisotopic (exact) mass is 399 g/mol. The van der Waals surface area contributed by atoms with Gasteiger partial charge in [0.25, 0.3) is 11.6 Å². The van der Waals surface area contributed by atoms with Gasteiger partial charge in [0.1, 0.15) is 0 Å². The van der Waals surface area contributed by atoms with E-state index in [0.29, 0.717) is 23.7 Å². The van der Waals surface area contributed by atoms with Crippen molar-refractivity contribution < 1.29 is 19.2 Å². The van der Waals surface area contributed by atoms with E-state index in [1.807, 2.05) is 0 Å². The lowest BCUT2D eigenvalue weighted by Gasteiger charge is -2.11. The molecule has 0 aromatic heterocycles. The quantitative estimate of drug-likeness (QED) is 0.262. The molecule has 1 amide bonds. The van der Waals surface area contributed by atoms with Gasteiger partial charge in [-0.1, -0.05) is 32.3 Å². The number of ether oxygens (including phenoxy) is 2. The van der Waals surface area contributed by atoms with Gasteiger partial charge >= 0.3 is 0 Å². The zero-order valence-electron chi connectivity index (χ0n) is 16.6. The number of nitro groups is 1. The highest BCUT2D eigenvalue weighted by Crippen LogP contribution is 2.27. The number of carbonyl (C=O) groups excluding carboxylic acids is 1. The Kier molecular flexibility index (Phi) is 8.62.